The van der Waals surface area contributed by atoms with Crippen molar-refractivity contribution in [2.45, 2.75) is 20.1 Å². The van der Waals surface area contributed by atoms with Gasteiger partial charge in [-0.2, -0.15) is 5.10 Å². The summed E-state index contributed by atoms with van der Waals surface area (Å²) in [6, 6.07) is 20.0. The summed E-state index contributed by atoms with van der Waals surface area (Å²) in [6.07, 6.45) is 3.47. The van der Waals surface area contributed by atoms with Crippen LogP contribution in [0.3, 0.4) is 0 Å². The monoisotopic (exact) mass is 410 g/mol. The average molecular weight is 410 g/mol. The molecule has 0 atom stereocenters. The minimum Gasteiger partial charge on any atom is -0.489 e. The number of pyridine rings is 1. The lowest BCUT2D eigenvalue weighted by atomic mass is 9.98. The largest absolute Gasteiger partial charge is 0.489 e. The van der Waals surface area contributed by atoms with Crippen LogP contribution in [0.5, 0.6) is 5.75 Å². The van der Waals surface area contributed by atoms with Gasteiger partial charge in [0.25, 0.3) is 5.91 Å². The van der Waals surface area contributed by atoms with Crippen molar-refractivity contribution in [3.63, 3.8) is 0 Å². The van der Waals surface area contributed by atoms with Crippen LogP contribution in [0, 0.1) is 6.92 Å². The Morgan fingerprint density at radius 2 is 1.71 bits per heavy atom. The summed E-state index contributed by atoms with van der Waals surface area (Å²) in [5, 5.41) is 7.68. The van der Waals surface area contributed by atoms with Gasteiger partial charge in [-0.25, -0.2) is 0 Å². The van der Waals surface area contributed by atoms with Crippen molar-refractivity contribution in [3.8, 4) is 28.1 Å². The normalized spacial score (nSPS) is 12.9. The highest BCUT2D eigenvalue weighted by Gasteiger charge is 2.27. The SMILES string of the molecule is Cc1ccc(COc2ccc(-c3c(-c4ccncc4)nn4c3C(=O)NCC4)cc2)cc1. The maximum Gasteiger partial charge on any atom is 0.270 e. The Kier molecular flexibility index (Phi) is 4.96. The Hall–Kier alpha value is -3.93. The van der Waals surface area contributed by atoms with Gasteiger partial charge in [-0.3, -0.25) is 14.5 Å². The molecule has 2 aromatic heterocycles. The molecule has 1 aliphatic heterocycles. The van der Waals surface area contributed by atoms with E-state index in [1.54, 1.807) is 17.1 Å². The van der Waals surface area contributed by atoms with E-state index in [1.165, 1.54) is 5.56 Å². The number of rotatable bonds is 5. The molecular weight excluding hydrogens is 388 g/mol. The van der Waals surface area contributed by atoms with Gasteiger partial charge in [0, 0.05) is 30.1 Å². The zero-order chi connectivity index (χ0) is 21.2. The first-order chi connectivity index (χ1) is 15.2. The summed E-state index contributed by atoms with van der Waals surface area (Å²) in [7, 11) is 0. The summed E-state index contributed by atoms with van der Waals surface area (Å²) in [5.74, 6) is 0.675. The van der Waals surface area contributed by atoms with Gasteiger partial charge in [-0.1, -0.05) is 42.0 Å². The predicted molar refractivity (Wildman–Crippen MR) is 119 cm³/mol. The molecule has 3 heterocycles. The fraction of sp³-hybridized carbons (Fsp3) is 0.160. The number of amides is 1. The quantitative estimate of drug-likeness (QED) is 0.534. The lowest BCUT2D eigenvalue weighted by molar-refractivity contribution is 0.0925. The Bertz CT molecular complexity index is 1210. The van der Waals surface area contributed by atoms with Gasteiger partial charge in [0.1, 0.15) is 23.7 Å². The third kappa shape index (κ3) is 3.80. The van der Waals surface area contributed by atoms with E-state index in [4.69, 9.17) is 9.84 Å². The second kappa shape index (κ2) is 8.07. The van der Waals surface area contributed by atoms with Crippen LogP contribution < -0.4 is 10.1 Å². The van der Waals surface area contributed by atoms with E-state index in [0.717, 1.165) is 33.7 Å². The van der Waals surface area contributed by atoms with Gasteiger partial charge in [-0.15, -0.1) is 0 Å². The molecule has 6 nitrogen and oxygen atoms in total. The number of hydrogen-bond acceptors (Lipinski definition) is 4. The van der Waals surface area contributed by atoms with Gasteiger partial charge in [0.2, 0.25) is 0 Å². The lowest BCUT2D eigenvalue weighted by Crippen LogP contribution is -2.35. The number of fused-ring (bicyclic) bond motifs is 1. The summed E-state index contributed by atoms with van der Waals surface area (Å²) in [5.41, 5.74) is 6.40. The second-order valence-electron chi connectivity index (χ2n) is 7.59. The highest BCUT2D eigenvalue weighted by atomic mass is 16.5. The molecule has 0 aliphatic carbocycles. The number of hydrogen-bond donors (Lipinski definition) is 1. The van der Waals surface area contributed by atoms with E-state index in [1.807, 2.05) is 36.4 Å². The number of nitrogens with zero attached hydrogens (tertiary/aromatic N) is 3. The van der Waals surface area contributed by atoms with Crippen LogP contribution in [-0.4, -0.2) is 27.2 Å². The first-order valence-corrected chi connectivity index (χ1v) is 10.3. The molecule has 0 spiro atoms. The zero-order valence-electron chi connectivity index (χ0n) is 17.2. The molecule has 154 valence electrons. The highest BCUT2D eigenvalue weighted by molar-refractivity contribution is 6.03. The third-order valence-corrected chi connectivity index (χ3v) is 5.40. The van der Waals surface area contributed by atoms with E-state index in [9.17, 15) is 4.79 Å². The van der Waals surface area contributed by atoms with Gasteiger partial charge in [0.15, 0.2) is 0 Å². The summed E-state index contributed by atoms with van der Waals surface area (Å²) < 4.78 is 7.74. The highest BCUT2D eigenvalue weighted by Crippen LogP contribution is 2.36. The first-order valence-electron chi connectivity index (χ1n) is 10.3. The number of carbonyl (C=O) groups excluding carboxylic acids is 1. The van der Waals surface area contributed by atoms with Crippen LogP contribution in [-0.2, 0) is 13.2 Å². The fourth-order valence-electron chi connectivity index (χ4n) is 3.77. The number of aromatic nitrogens is 3. The summed E-state index contributed by atoms with van der Waals surface area (Å²) >= 11 is 0. The number of benzene rings is 2. The topological polar surface area (TPSA) is 69.0 Å². The molecule has 31 heavy (non-hydrogen) atoms. The van der Waals surface area contributed by atoms with Crippen molar-refractivity contribution in [3.05, 3.63) is 89.9 Å². The number of nitrogens with one attached hydrogen (secondary N) is 1. The smallest absolute Gasteiger partial charge is 0.270 e. The van der Waals surface area contributed by atoms with E-state index in [-0.39, 0.29) is 5.91 Å². The van der Waals surface area contributed by atoms with E-state index < -0.39 is 0 Å². The molecule has 4 aromatic rings. The summed E-state index contributed by atoms with van der Waals surface area (Å²) in [6.45, 7) is 3.80. The summed E-state index contributed by atoms with van der Waals surface area (Å²) in [4.78, 5) is 16.8. The Morgan fingerprint density at radius 1 is 0.968 bits per heavy atom. The van der Waals surface area contributed by atoms with Crippen LogP contribution in [0.1, 0.15) is 21.6 Å². The number of aryl methyl sites for hydroxylation is 1. The molecule has 0 bridgehead atoms. The van der Waals surface area contributed by atoms with Crippen molar-refractivity contribution >= 4 is 5.91 Å². The molecule has 2 aromatic carbocycles. The molecule has 0 saturated carbocycles. The number of carbonyl (C=O) groups is 1. The van der Waals surface area contributed by atoms with Crippen molar-refractivity contribution in [1.29, 1.82) is 0 Å². The van der Waals surface area contributed by atoms with Crippen molar-refractivity contribution in [1.82, 2.24) is 20.1 Å². The van der Waals surface area contributed by atoms with Gasteiger partial charge >= 0.3 is 0 Å². The number of ether oxygens (including phenoxy) is 1. The van der Waals surface area contributed by atoms with Crippen molar-refractivity contribution < 1.29 is 9.53 Å². The van der Waals surface area contributed by atoms with Crippen LogP contribution in [0.2, 0.25) is 0 Å². The standard InChI is InChI=1S/C25H22N4O2/c1-17-2-4-18(5-3-17)16-31-21-8-6-19(7-9-21)22-23(20-10-12-26-13-11-20)28-29-15-14-27-25(30)24(22)29/h2-13H,14-16H2,1H3,(H,27,30). The van der Waals surface area contributed by atoms with Crippen LogP contribution in [0.4, 0.5) is 0 Å². The van der Waals surface area contributed by atoms with Gasteiger partial charge in [-0.05, 0) is 42.3 Å². The third-order valence-electron chi connectivity index (χ3n) is 5.40. The molecule has 0 unspecified atom stereocenters. The molecule has 0 radical (unpaired) electrons. The molecule has 1 N–H and O–H groups in total. The Balaban J connectivity index is 1.47. The van der Waals surface area contributed by atoms with E-state index in [2.05, 4.69) is 41.5 Å². The van der Waals surface area contributed by atoms with Crippen molar-refractivity contribution in [2.24, 2.45) is 0 Å². The maximum absolute atomic E-state index is 12.7. The molecule has 0 fully saturated rings. The van der Waals surface area contributed by atoms with Crippen LogP contribution in [0.15, 0.2) is 73.1 Å². The van der Waals surface area contributed by atoms with Crippen LogP contribution >= 0.6 is 0 Å². The molecule has 5 rings (SSSR count). The van der Waals surface area contributed by atoms with Crippen LogP contribution in [0.25, 0.3) is 22.4 Å². The molecule has 0 saturated heterocycles. The molecular formula is C25H22N4O2. The van der Waals surface area contributed by atoms with Gasteiger partial charge < -0.3 is 10.1 Å². The van der Waals surface area contributed by atoms with E-state index in [0.29, 0.717) is 25.4 Å². The van der Waals surface area contributed by atoms with Crippen molar-refractivity contribution in [2.75, 3.05) is 6.54 Å². The minimum absolute atomic E-state index is 0.103. The average Bonchev–Trinajstić information content (AvgIpc) is 3.21. The molecule has 1 aliphatic rings. The predicted octanol–water partition coefficient (Wildman–Crippen LogP) is 4.24. The second-order valence-corrected chi connectivity index (χ2v) is 7.59. The Morgan fingerprint density at radius 3 is 2.45 bits per heavy atom. The fourth-order valence-corrected chi connectivity index (χ4v) is 3.77. The minimum atomic E-state index is -0.103. The maximum atomic E-state index is 12.7. The zero-order valence-corrected chi connectivity index (χ0v) is 17.2. The molecule has 6 heteroatoms. The van der Waals surface area contributed by atoms with E-state index >= 15 is 0 Å². The van der Waals surface area contributed by atoms with Gasteiger partial charge in [0.05, 0.1) is 6.54 Å². The first kappa shape index (κ1) is 19.1. The molecule has 1 amide bonds. The lowest BCUT2D eigenvalue weighted by Gasteiger charge is -2.15. The Labute approximate surface area is 180 Å².